The Morgan fingerprint density at radius 3 is 2.69 bits per heavy atom. The summed E-state index contributed by atoms with van der Waals surface area (Å²) in [7, 11) is 1.79. The summed E-state index contributed by atoms with van der Waals surface area (Å²) in [4.78, 5) is 3.28. The topological polar surface area (TPSA) is 37.0 Å². The summed E-state index contributed by atoms with van der Waals surface area (Å²) in [6.07, 6.45) is -3.25. The van der Waals surface area contributed by atoms with Gasteiger partial charge >= 0.3 is 6.18 Å². The van der Waals surface area contributed by atoms with Gasteiger partial charge < -0.3 is 10.6 Å². The summed E-state index contributed by atoms with van der Waals surface area (Å²) < 4.78 is 37.0. The Morgan fingerprint density at radius 1 is 1.44 bits per heavy atom. The van der Waals surface area contributed by atoms with Gasteiger partial charge in [-0.1, -0.05) is 0 Å². The second kappa shape index (κ2) is 5.16. The van der Waals surface area contributed by atoms with Gasteiger partial charge in [0.2, 0.25) is 0 Å². The van der Waals surface area contributed by atoms with Crippen LogP contribution in [-0.4, -0.2) is 24.6 Å². The van der Waals surface area contributed by atoms with Crippen molar-refractivity contribution < 1.29 is 13.2 Å². The summed E-state index contributed by atoms with van der Waals surface area (Å²) in [5.41, 5.74) is -0.459. The van der Waals surface area contributed by atoms with E-state index in [4.69, 9.17) is 0 Å². The van der Waals surface area contributed by atoms with Gasteiger partial charge in [-0.25, -0.2) is 0 Å². The number of rotatable bonds is 4. The minimum Gasteiger partial charge on any atom is -0.383 e. The van der Waals surface area contributed by atoms with E-state index in [9.17, 15) is 13.2 Å². The van der Waals surface area contributed by atoms with E-state index in [1.54, 1.807) is 7.05 Å². The summed E-state index contributed by atoms with van der Waals surface area (Å²) in [6.45, 7) is 2.48. The second-order valence-electron chi connectivity index (χ2n) is 3.50. The molecule has 0 radical (unpaired) electrons. The first-order valence-electron chi connectivity index (χ1n) is 4.88. The molecule has 1 rings (SSSR count). The average Bonchev–Trinajstić information content (AvgIpc) is 2.25. The highest BCUT2D eigenvalue weighted by Gasteiger charge is 2.32. The first-order chi connectivity index (χ1) is 7.43. The van der Waals surface area contributed by atoms with Crippen LogP contribution in [0.25, 0.3) is 0 Å². The maximum absolute atomic E-state index is 12.3. The van der Waals surface area contributed by atoms with Gasteiger partial charge in [0.05, 0.1) is 0 Å². The van der Waals surface area contributed by atoms with Crippen molar-refractivity contribution in [3.63, 3.8) is 0 Å². The molecule has 0 aliphatic carbocycles. The van der Waals surface area contributed by atoms with Crippen molar-refractivity contribution in [2.75, 3.05) is 18.9 Å². The zero-order valence-electron chi connectivity index (χ0n) is 9.10. The molecular formula is C10H14F3N3. The number of likely N-dealkylation sites (N-methyl/N-ethyl adjacent to an activating group) is 1. The van der Waals surface area contributed by atoms with Gasteiger partial charge in [-0.2, -0.15) is 13.2 Å². The second-order valence-corrected chi connectivity index (χ2v) is 3.50. The van der Waals surface area contributed by atoms with Crippen molar-refractivity contribution in [2.24, 2.45) is 0 Å². The average molecular weight is 233 g/mol. The molecule has 0 fully saturated rings. The van der Waals surface area contributed by atoms with Crippen LogP contribution in [0, 0.1) is 0 Å². The lowest BCUT2D eigenvalue weighted by atomic mass is 10.3. The SMILES string of the molecule is CNC(C)CNc1ccnc(C(F)(F)F)c1. The Labute approximate surface area is 92.1 Å². The third kappa shape index (κ3) is 3.69. The Kier molecular flexibility index (Phi) is 4.12. The number of nitrogens with zero attached hydrogens (tertiary/aromatic N) is 1. The van der Waals surface area contributed by atoms with Crippen LogP contribution in [0.1, 0.15) is 12.6 Å². The van der Waals surface area contributed by atoms with Crippen molar-refractivity contribution in [3.05, 3.63) is 24.0 Å². The molecule has 0 aliphatic rings. The van der Waals surface area contributed by atoms with Crippen LogP contribution in [0.15, 0.2) is 18.3 Å². The molecule has 1 heterocycles. The number of nitrogens with one attached hydrogen (secondary N) is 2. The van der Waals surface area contributed by atoms with Gasteiger partial charge in [0, 0.05) is 24.5 Å². The fourth-order valence-electron chi connectivity index (χ4n) is 1.07. The number of alkyl halides is 3. The number of anilines is 1. The molecule has 0 aromatic carbocycles. The maximum Gasteiger partial charge on any atom is 0.433 e. The number of hydrogen-bond acceptors (Lipinski definition) is 3. The predicted molar refractivity (Wildman–Crippen MR) is 56.3 cm³/mol. The number of aromatic nitrogens is 1. The van der Waals surface area contributed by atoms with Gasteiger partial charge in [-0.15, -0.1) is 0 Å². The molecule has 1 aromatic rings. The van der Waals surface area contributed by atoms with E-state index in [-0.39, 0.29) is 6.04 Å². The lowest BCUT2D eigenvalue weighted by molar-refractivity contribution is -0.141. The lowest BCUT2D eigenvalue weighted by Gasteiger charge is -2.13. The molecule has 1 aromatic heterocycles. The molecular weight excluding hydrogens is 219 g/mol. The molecule has 6 heteroatoms. The fraction of sp³-hybridized carbons (Fsp3) is 0.500. The highest BCUT2D eigenvalue weighted by atomic mass is 19.4. The Bertz CT molecular complexity index is 338. The summed E-state index contributed by atoms with van der Waals surface area (Å²) >= 11 is 0. The first-order valence-corrected chi connectivity index (χ1v) is 4.88. The monoisotopic (exact) mass is 233 g/mol. The normalized spacial score (nSPS) is 13.6. The van der Waals surface area contributed by atoms with Crippen molar-refractivity contribution in [2.45, 2.75) is 19.1 Å². The highest BCUT2D eigenvalue weighted by molar-refractivity contribution is 5.43. The number of pyridine rings is 1. The molecule has 1 unspecified atom stereocenters. The Morgan fingerprint density at radius 2 is 2.12 bits per heavy atom. The highest BCUT2D eigenvalue weighted by Crippen LogP contribution is 2.28. The zero-order valence-corrected chi connectivity index (χ0v) is 9.10. The lowest BCUT2D eigenvalue weighted by Crippen LogP contribution is -2.29. The Balaban J connectivity index is 2.68. The molecule has 0 aliphatic heterocycles. The largest absolute Gasteiger partial charge is 0.433 e. The minimum atomic E-state index is -4.40. The van der Waals surface area contributed by atoms with Gasteiger partial charge in [0.15, 0.2) is 0 Å². The molecule has 2 N–H and O–H groups in total. The van der Waals surface area contributed by atoms with E-state index in [1.165, 1.54) is 6.07 Å². The van der Waals surface area contributed by atoms with E-state index in [0.29, 0.717) is 12.2 Å². The minimum absolute atomic E-state index is 0.183. The molecule has 0 amide bonds. The standard InChI is InChI=1S/C10H14F3N3/c1-7(14-2)6-16-8-3-4-15-9(5-8)10(11,12)13/h3-5,7,14H,6H2,1-2H3,(H,15,16). The number of halogens is 3. The Hall–Kier alpha value is -1.30. The van der Waals surface area contributed by atoms with Gasteiger partial charge in [0.1, 0.15) is 5.69 Å². The maximum atomic E-state index is 12.3. The molecule has 1 atom stereocenters. The first kappa shape index (κ1) is 12.8. The quantitative estimate of drug-likeness (QED) is 0.836. The molecule has 3 nitrogen and oxygen atoms in total. The van der Waals surface area contributed by atoms with E-state index in [1.807, 2.05) is 6.92 Å². The molecule has 16 heavy (non-hydrogen) atoms. The van der Waals surface area contributed by atoms with Gasteiger partial charge in [-0.3, -0.25) is 4.98 Å². The molecule has 0 saturated heterocycles. The van der Waals surface area contributed by atoms with Crippen LogP contribution in [-0.2, 0) is 6.18 Å². The molecule has 0 bridgehead atoms. The molecule has 90 valence electrons. The third-order valence-electron chi connectivity index (χ3n) is 2.16. The van der Waals surface area contributed by atoms with Crippen LogP contribution in [0.5, 0.6) is 0 Å². The van der Waals surface area contributed by atoms with E-state index in [0.717, 1.165) is 12.3 Å². The van der Waals surface area contributed by atoms with Crippen molar-refractivity contribution in [1.82, 2.24) is 10.3 Å². The van der Waals surface area contributed by atoms with Crippen LogP contribution < -0.4 is 10.6 Å². The summed E-state index contributed by atoms with van der Waals surface area (Å²) in [5, 5.41) is 5.88. The zero-order chi connectivity index (χ0) is 12.2. The van der Waals surface area contributed by atoms with Crippen molar-refractivity contribution in [3.8, 4) is 0 Å². The summed E-state index contributed by atoms with van der Waals surface area (Å²) in [5.74, 6) is 0. The van der Waals surface area contributed by atoms with Gasteiger partial charge in [0.25, 0.3) is 0 Å². The smallest absolute Gasteiger partial charge is 0.383 e. The van der Waals surface area contributed by atoms with Gasteiger partial charge in [-0.05, 0) is 26.1 Å². The van der Waals surface area contributed by atoms with Crippen LogP contribution in [0.2, 0.25) is 0 Å². The number of hydrogen-bond donors (Lipinski definition) is 2. The molecule has 0 spiro atoms. The third-order valence-corrected chi connectivity index (χ3v) is 2.16. The van der Waals surface area contributed by atoms with Crippen LogP contribution in [0.3, 0.4) is 0 Å². The van der Waals surface area contributed by atoms with E-state index < -0.39 is 11.9 Å². The predicted octanol–water partition coefficient (Wildman–Crippen LogP) is 2.12. The van der Waals surface area contributed by atoms with E-state index in [2.05, 4.69) is 15.6 Å². The van der Waals surface area contributed by atoms with Crippen LogP contribution in [0.4, 0.5) is 18.9 Å². The van der Waals surface area contributed by atoms with Crippen molar-refractivity contribution >= 4 is 5.69 Å². The fourth-order valence-corrected chi connectivity index (χ4v) is 1.07. The van der Waals surface area contributed by atoms with E-state index >= 15 is 0 Å². The molecule has 0 saturated carbocycles. The van der Waals surface area contributed by atoms with Crippen molar-refractivity contribution in [1.29, 1.82) is 0 Å². The summed E-state index contributed by atoms with van der Waals surface area (Å²) in [6, 6.07) is 2.70. The van der Waals surface area contributed by atoms with Crippen LogP contribution >= 0.6 is 0 Å².